The molecule has 1 aromatic carbocycles. The van der Waals surface area contributed by atoms with E-state index in [4.69, 9.17) is 0 Å². The number of halogens is 2. The van der Waals surface area contributed by atoms with E-state index < -0.39 is 11.6 Å². The Labute approximate surface area is 169 Å². The van der Waals surface area contributed by atoms with Crippen molar-refractivity contribution in [3.8, 4) is 0 Å². The highest BCUT2D eigenvalue weighted by Crippen LogP contribution is 2.25. The molecule has 154 valence electrons. The van der Waals surface area contributed by atoms with E-state index in [0.717, 1.165) is 64.2 Å². The average molecular weight is 400 g/mol. The fraction of sp³-hybridized carbons (Fsp3) is 0.455. The number of amides is 1. The number of piperidine rings is 1. The summed E-state index contributed by atoms with van der Waals surface area (Å²) in [6, 6.07) is 8.18. The van der Waals surface area contributed by atoms with E-state index in [0.29, 0.717) is 11.6 Å². The predicted octanol–water partition coefficient (Wildman–Crippen LogP) is 3.18. The maximum absolute atomic E-state index is 13.5. The summed E-state index contributed by atoms with van der Waals surface area (Å²) in [7, 11) is 0. The molecule has 4 rings (SSSR count). The molecule has 3 heterocycles. The molecule has 29 heavy (non-hydrogen) atoms. The fourth-order valence-electron chi connectivity index (χ4n) is 4.35. The Kier molecular flexibility index (Phi) is 6.04. The van der Waals surface area contributed by atoms with Crippen molar-refractivity contribution in [3.05, 3.63) is 59.9 Å². The summed E-state index contributed by atoms with van der Waals surface area (Å²) in [4.78, 5) is 23.3. The molecule has 0 radical (unpaired) electrons. The van der Waals surface area contributed by atoms with Crippen molar-refractivity contribution in [2.45, 2.75) is 25.3 Å². The third-order valence-corrected chi connectivity index (χ3v) is 5.98. The predicted molar refractivity (Wildman–Crippen MR) is 108 cm³/mol. The molecule has 2 aromatic rings. The lowest BCUT2D eigenvalue weighted by atomic mass is 10.0. The Morgan fingerprint density at radius 1 is 0.966 bits per heavy atom. The maximum atomic E-state index is 13.5. The molecule has 2 fully saturated rings. The SMILES string of the molecule is O=C(c1cccnc1)N1CCCN(C2CCN(c3ccc(F)c(F)c3)CC2)CC1. The molecular formula is C22H26F2N4O. The first-order valence-corrected chi connectivity index (χ1v) is 10.2. The summed E-state index contributed by atoms with van der Waals surface area (Å²) in [6.07, 6.45) is 6.22. The first kappa shape index (κ1) is 19.8. The molecule has 2 aliphatic rings. The summed E-state index contributed by atoms with van der Waals surface area (Å²) < 4.78 is 26.7. The van der Waals surface area contributed by atoms with Crippen molar-refractivity contribution in [1.82, 2.24) is 14.8 Å². The van der Waals surface area contributed by atoms with Gasteiger partial charge in [-0.3, -0.25) is 14.7 Å². The van der Waals surface area contributed by atoms with E-state index in [-0.39, 0.29) is 5.91 Å². The molecule has 0 bridgehead atoms. The molecule has 7 heteroatoms. The Morgan fingerprint density at radius 3 is 2.52 bits per heavy atom. The normalized spacial score (nSPS) is 19.2. The van der Waals surface area contributed by atoms with Gasteiger partial charge in [-0.2, -0.15) is 0 Å². The Hall–Kier alpha value is -2.54. The fourth-order valence-corrected chi connectivity index (χ4v) is 4.35. The first-order chi connectivity index (χ1) is 14.1. The Morgan fingerprint density at radius 2 is 1.79 bits per heavy atom. The highest BCUT2D eigenvalue weighted by molar-refractivity contribution is 5.93. The summed E-state index contributed by atoms with van der Waals surface area (Å²) in [5.41, 5.74) is 1.38. The van der Waals surface area contributed by atoms with Crippen LogP contribution in [0, 0.1) is 11.6 Å². The molecule has 1 aromatic heterocycles. The van der Waals surface area contributed by atoms with Crippen LogP contribution in [0.1, 0.15) is 29.6 Å². The molecular weight excluding hydrogens is 374 g/mol. The van der Waals surface area contributed by atoms with Gasteiger partial charge >= 0.3 is 0 Å². The van der Waals surface area contributed by atoms with Crippen LogP contribution in [0.3, 0.4) is 0 Å². The summed E-state index contributed by atoms with van der Waals surface area (Å²) in [5.74, 6) is -1.55. The van der Waals surface area contributed by atoms with Crippen LogP contribution in [0.25, 0.3) is 0 Å². The van der Waals surface area contributed by atoms with E-state index in [9.17, 15) is 13.6 Å². The quantitative estimate of drug-likeness (QED) is 0.794. The van der Waals surface area contributed by atoms with Crippen molar-refractivity contribution in [2.75, 3.05) is 44.2 Å². The molecule has 0 aliphatic carbocycles. The highest BCUT2D eigenvalue weighted by Gasteiger charge is 2.28. The molecule has 0 atom stereocenters. The first-order valence-electron chi connectivity index (χ1n) is 10.2. The monoisotopic (exact) mass is 400 g/mol. The van der Waals surface area contributed by atoms with Gasteiger partial charge < -0.3 is 9.80 Å². The smallest absolute Gasteiger partial charge is 0.255 e. The molecule has 0 spiro atoms. The van der Waals surface area contributed by atoms with E-state index in [2.05, 4.69) is 14.8 Å². The van der Waals surface area contributed by atoms with Crippen LogP contribution >= 0.6 is 0 Å². The third-order valence-electron chi connectivity index (χ3n) is 5.98. The highest BCUT2D eigenvalue weighted by atomic mass is 19.2. The summed E-state index contributed by atoms with van der Waals surface area (Å²) >= 11 is 0. The van der Waals surface area contributed by atoms with Crippen LogP contribution in [0.5, 0.6) is 0 Å². The molecule has 1 amide bonds. The van der Waals surface area contributed by atoms with Gasteiger partial charge in [0.25, 0.3) is 5.91 Å². The van der Waals surface area contributed by atoms with Gasteiger partial charge in [-0.05, 0) is 43.5 Å². The standard InChI is InChI=1S/C22H26F2N4O/c23-20-5-4-19(15-21(20)24)27-11-6-18(7-12-27)26-9-2-10-28(14-13-26)22(29)17-3-1-8-25-16-17/h1,3-5,8,15-16,18H,2,6-7,9-14H2. The van der Waals surface area contributed by atoms with E-state index >= 15 is 0 Å². The van der Waals surface area contributed by atoms with Crippen molar-refractivity contribution in [2.24, 2.45) is 0 Å². The van der Waals surface area contributed by atoms with Crippen molar-refractivity contribution in [3.63, 3.8) is 0 Å². The molecule has 0 saturated carbocycles. The number of anilines is 1. The molecule has 0 unspecified atom stereocenters. The number of aromatic nitrogens is 1. The number of pyridine rings is 1. The van der Waals surface area contributed by atoms with E-state index in [1.54, 1.807) is 24.5 Å². The molecule has 5 nitrogen and oxygen atoms in total. The van der Waals surface area contributed by atoms with Gasteiger partial charge in [-0.1, -0.05) is 0 Å². The van der Waals surface area contributed by atoms with Crippen LogP contribution in [0.4, 0.5) is 14.5 Å². The van der Waals surface area contributed by atoms with Gasteiger partial charge in [-0.15, -0.1) is 0 Å². The average Bonchev–Trinajstić information content (AvgIpc) is 3.02. The Bertz CT molecular complexity index is 840. The molecule has 2 aliphatic heterocycles. The van der Waals surface area contributed by atoms with E-state index in [1.165, 1.54) is 12.1 Å². The minimum Gasteiger partial charge on any atom is -0.371 e. The number of hydrogen-bond donors (Lipinski definition) is 0. The number of rotatable bonds is 3. The summed E-state index contributed by atoms with van der Waals surface area (Å²) in [6.45, 7) is 4.97. The van der Waals surface area contributed by atoms with Gasteiger partial charge in [0.1, 0.15) is 0 Å². The zero-order valence-electron chi connectivity index (χ0n) is 16.4. The van der Waals surface area contributed by atoms with Crippen LogP contribution in [-0.2, 0) is 0 Å². The van der Waals surface area contributed by atoms with Crippen molar-refractivity contribution >= 4 is 11.6 Å². The van der Waals surface area contributed by atoms with Gasteiger partial charge in [0.05, 0.1) is 5.56 Å². The van der Waals surface area contributed by atoms with Gasteiger partial charge in [-0.25, -0.2) is 8.78 Å². The van der Waals surface area contributed by atoms with Gasteiger partial charge in [0.15, 0.2) is 11.6 Å². The van der Waals surface area contributed by atoms with Crippen LogP contribution in [0.2, 0.25) is 0 Å². The number of nitrogens with zero attached hydrogens (tertiary/aromatic N) is 4. The zero-order valence-corrected chi connectivity index (χ0v) is 16.4. The van der Waals surface area contributed by atoms with Crippen molar-refractivity contribution in [1.29, 1.82) is 0 Å². The maximum Gasteiger partial charge on any atom is 0.255 e. The minimum atomic E-state index is -0.807. The largest absolute Gasteiger partial charge is 0.371 e. The number of hydrogen-bond acceptors (Lipinski definition) is 4. The minimum absolute atomic E-state index is 0.0492. The second-order valence-electron chi connectivity index (χ2n) is 7.74. The van der Waals surface area contributed by atoms with Gasteiger partial charge in [0, 0.05) is 69.5 Å². The topological polar surface area (TPSA) is 39.7 Å². The number of carbonyl (C=O) groups excluding carboxylic acids is 1. The zero-order chi connectivity index (χ0) is 20.2. The lowest BCUT2D eigenvalue weighted by Gasteiger charge is -2.39. The molecule has 0 N–H and O–H groups in total. The van der Waals surface area contributed by atoms with Crippen LogP contribution < -0.4 is 4.90 Å². The number of carbonyl (C=O) groups is 1. The Balaban J connectivity index is 1.31. The summed E-state index contributed by atoms with van der Waals surface area (Å²) in [5, 5.41) is 0. The van der Waals surface area contributed by atoms with Crippen molar-refractivity contribution < 1.29 is 13.6 Å². The van der Waals surface area contributed by atoms with E-state index in [1.807, 2.05) is 11.0 Å². The second kappa shape index (κ2) is 8.86. The lowest BCUT2D eigenvalue weighted by molar-refractivity contribution is 0.0755. The molecule has 2 saturated heterocycles. The van der Waals surface area contributed by atoms with Crippen LogP contribution in [0.15, 0.2) is 42.7 Å². The van der Waals surface area contributed by atoms with Crippen LogP contribution in [-0.4, -0.2) is 66.0 Å². The third kappa shape index (κ3) is 4.56. The number of benzene rings is 1. The second-order valence-corrected chi connectivity index (χ2v) is 7.74. The van der Waals surface area contributed by atoms with Gasteiger partial charge in [0.2, 0.25) is 0 Å². The lowest BCUT2D eigenvalue weighted by Crippen LogP contribution is -2.46.